The molecule has 0 saturated carbocycles. The Balaban J connectivity index is 1.57. The fourth-order valence-electron chi connectivity index (χ4n) is 3.19. The van der Waals surface area contributed by atoms with Gasteiger partial charge in [-0.1, -0.05) is 54.6 Å². The second kappa shape index (κ2) is 7.52. The van der Waals surface area contributed by atoms with E-state index >= 15 is 0 Å². The van der Waals surface area contributed by atoms with Gasteiger partial charge in [0.1, 0.15) is 6.54 Å². The molecule has 0 spiro atoms. The first-order valence-corrected chi connectivity index (χ1v) is 8.99. The third-order valence-electron chi connectivity index (χ3n) is 4.65. The van der Waals surface area contributed by atoms with Crippen molar-refractivity contribution in [1.29, 1.82) is 0 Å². The van der Waals surface area contributed by atoms with Gasteiger partial charge in [-0.25, -0.2) is 0 Å². The molecule has 142 valence electrons. The number of anilines is 2. The number of rotatable bonds is 4. The van der Waals surface area contributed by atoms with Crippen LogP contribution in [0.3, 0.4) is 0 Å². The van der Waals surface area contributed by atoms with Gasteiger partial charge < -0.3 is 5.32 Å². The Kier molecular flexibility index (Phi) is 4.75. The Bertz CT molecular complexity index is 1120. The zero-order valence-electron chi connectivity index (χ0n) is 15.3. The number of hydrogen-bond donors (Lipinski definition) is 1. The van der Waals surface area contributed by atoms with E-state index in [1.807, 2.05) is 0 Å². The Morgan fingerprint density at radius 3 is 1.93 bits per heavy atom. The molecule has 0 fully saturated rings. The van der Waals surface area contributed by atoms with E-state index in [4.69, 9.17) is 0 Å². The fourth-order valence-corrected chi connectivity index (χ4v) is 3.19. The summed E-state index contributed by atoms with van der Waals surface area (Å²) in [6, 6.07) is 21.2. The number of carbonyl (C=O) groups excluding carboxylic acids is 4. The van der Waals surface area contributed by atoms with Crippen molar-refractivity contribution in [2.45, 2.75) is 0 Å². The predicted octanol–water partition coefficient (Wildman–Crippen LogP) is 3.35. The standard InChI is InChI=1S/C23H16N2O4/c26-20-14-25(19-9-5-4-8-18(19)24-20)23(29)17-12-10-16(11-13-17)22(28)21(27)15-6-2-1-3-7-15/h1-13H,14H2,(H,24,26). The Morgan fingerprint density at radius 2 is 1.24 bits per heavy atom. The molecule has 0 aliphatic carbocycles. The minimum Gasteiger partial charge on any atom is -0.323 e. The Labute approximate surface area is 166 Å². The lowest BCUT2D eigenvalue weighted by Gasteiger charge is -2.29. The van der Waals surface area contributed by atoms with Crippen LogP contribution in [0.1, 0.15) is 31.1 Å². The number of ketones is 2. The van der Waals surface area contributed by atoms with E-state index in [1.54, 1.807) is 54.6 Å². The van der Waals surface area contributed by atoms with E-state index in [0.717, 1.165) is 0 Å². The van der Waals surface area contributed by atoms with E-state index in [1.165, 1.54) is 29.2 Å². The van der Waals surface area contributed by atoms with Crippen LogP contribution in [0.5, 0.6) is 0 Å². The molecule has 1 heterocycles. The van der Waals surface area contributed by atoms with Crippen LogP contribution in [0.25, 0.3) is 0 Å². The van der Waals surface area contributed by atoms with Gasteiger partial charge >= 0.3 is 0 Å². The molecule has 0 unspecified atom stereocenters. The minimum atomic E-state index is -0.641. The molecule has 29 heavy (non-hydrogen) atoms. The van der Waals surface area contributed by atoms with Crippen LogP contribution in [0.2, 0.25) is 0 Å². The van der Waals surface area contributed by atoms with Gasteiger partial charge in [0, 0.05) is 16.7 Å². The topological polar surface area (TPSA) is 83.6 Å². The summed E-state index contributed by atoms with van der Waals surface area (Å²) in [4.78, 5) is 51.0. The number of nitrogens with zero attached hydrogens (tertiary/aromatic N) is 1. The molecule has 0 bridgehead atoms. The molecule has 1 aliphatic rings. The quantitative estimate of drug-likeness (QED) is 0.552. The lowest BCUT2D eigenvalue weighted by atomic mass is 10.0. The molecule has 6 heteroatoms. The third kappa shape index (κ3) is 3.55. The first-order chi connectivity index (χ1) is 14.0. The van der Waals surface area contributed by atoms with Crippen molar-refractivity contribution in [3.8, 4) is 0 Å². The number of carbonyl (C=O) groups is 4. The number of amides is 2. The molecule has 0 radical (unpaired) electrons. The zero-order chi connectivity index (χ0) is 20.4. The lowest BCUT2D eigenvalue weighted by Crippen LogP contribution is -2.42. The maximum Gasteiger partial charge on any atom is 0.258 e. The van der Waals surface area contributed by atoms with Crippen molar-refractivity contribution in [2.24, 2.45) is 0 Å². The first-order valence-electron chi connectivity index (χ1n) is 8.99. The van der Waals surface area contributed by atoms with E-state index in [9.17, 15) is 19.2 Å². The Morgan fingerprint density at radius 1 is 0.690 bits per heavy atom. The smallest absolute Gasteiger partial charge is 0.258 e. The second-order valence-corrected chi connectivity index (χ2v) is 6.56. The maximum absolute atomic E-state index is 12.9. The van der Waals surface area contributed by atoms with Crippen LogP contribution in [0.4, 0.5) is 11.4 Å². The van der Waals surface area contributed by atoms with Crippen LogP contribution < -0.4 is 10.2 Å². The van der Waals surface area contributed by atoms with Crippen molar-refractivity contribution in [3.63, 3.8) is 0 Å². The van der Waals surface area contributed by atoms with E-state index in [2.05, 4.69) is 5.32 Å². The number of nitrogens with one attached hydrogen (secondary N) is 1. The number of para-hydroxylation sites is 2. The molecule has 2 amide bonds. The molecule has 0 saturated heterocycles. The highest BCUT2D eigenvalue weighted by Crippen LogP contribution is 2.30. The maximum atomic E-state index is 12.9. The second-order valence-electron chi connectivity index (χ2n) is 6.56. The molecule has 6 nitrogen and oxygen atoms in total. The largest absolute Gasteiger partial charge is 0.323 e. The SMILES string of the molecule is O=C1CN(C(=O)c2ccc(C(=O)C(=O)c3ccccc3)cc2)c2ccccc2N1. The first kappa shape index (κ1) is 18.3. The average molecular weight is 384 g/mol. The normalized spacial score (nSPS) is 12.7. The van der Waals surface area contributed by atoms with Crippen LogP contribution in [0, 0.1) is 0 Å². The van der Waals surface area contributed by atoms with Crippen molar-refractivity contribution in [1.82, 2.24) is 0 Å². The molecule has 1 aliphatic heterocycles. The Hall–Kier alpha value is -4.06. The summed E-state index contributed by atoms with van der Waals surface area (Å²) in [5, 5.41) is 2.73. The van der Waals surface area contributed by atoms with Gasteiger partial charge in [-0.15, -0.1) is 0 Å². The van der Waals surface area contributed by atoms with Gasteiger partial charge in [-0.05, 0) is 24.3 Å². The molecular weight excluding hydrogens is 368 g/mol. The molecule has 3 aromatic carbocycles. The minimum absolute atomic E-state index is 0.0942. The monoisotopic (exact) mass is 384 g/mol. The van der Waals surface area contributed by atoms with Gasteiger partial charge in [-0.2, -0.15) is 0 Å². The number of Topliss-reactive ketones (excluding diaryl/α,β-unsaturated/α-hetero) is 2. The summed E-state index contributed by atoms with van der Waals surface area (Å²) < 4.78 is 0. The van der Waals surface area contributed by atoms with Gasteiger partial charge in [0.05, 0.1) is 11.4 Å². The molecule has 0 atom stereocenters. The number of fused-ring (bicyclic) bond motifs is 1. The third-order valence-corrected chi connectivity index (χ3v) is 4.65. The fraction of sp³-hybridized carbons (Fsp3) is 0.0435. The van der Waals surface area contributed by atoms with E-state index in [-0.39, 0.29) is 23.9 Å². The zero-order valence-corrected chi connectivity index (χ0v) is 15.3. The van der Waals surface area contributed by atoms with E-state index < -0.39 is 11.6 Å². The predicted molar refractivity (Wildman–Crippen MR) is 108 cm³/mol. The summed E-state index contributed by atoms with van der Waals surface area (Å²) in [7, 11) is 0. The molecular formula is C23H16N2O4. The lowest BCUT2D eigenvalue weighted by molar-refractivity contribution is -0.115. The number of hydrogen-bond acceptors (Lipinski definition) is 4. The molecule has 3 aromatic rings. The highest BCUT2D eigenvalue weighted by Gasteiger charge is 2.27. The summed E-state index contributed by atoms with van der Waals surface area (Å²) in [6.45, 7) is -0.0942. The van der Waals surface area contributed by atoms with Gasteiger partial charge in [0.15, 0.2) is 0 Å². The number of benzene rings is 3. The average Bonchev–Trinajstić information content (AvgIpc) is 2.77. The molecule has 0 aromatic heterocycles. The van der Waals surface area contributed by atoms with Crippen molar-refractivity contribution in [3.05, 3.63) is 95.6 Å². The van der Waals surface area contributed by atoms with Crippen LogP contribution in [-0.2, 0) is 4.79 Å². The summed E-state index contributed by atoms with van der Waals surface area (Å²) in [5.74, 6) is -1.89. The summed E-state index contributed by atoms with van der Waals surface area (Å²) in [6.07, 6.45) is 0. The van der Waals surface area contributed by atoms with Crippen LogP contribution >= 0.6 is 0 Å². The van der Waals surface area contributed by atoms with Gasteiger partial charge in [0.2, 0.25) is 17.5 Å². The van der Waals surface area contributed by atoms with E-state index in [0.29, 0.717) is 22.5 Å². The highest BCUT2D eigenvalue weighted by atomic mass is 16.2. The molecule has 1 N–H and O–H groups in total. The van der Waals surface area contributed by atoms with Crippen molar-refractivity contribution >= 4 is 34.8 Å². The van der Waals surface area contributed by atoms with Gasteiger partial charge in [0.25, 0.3) is 5.91 Å². The van der Waals surface area contributed by atoms with Crippen molar-refractivity contribution in [2.75, 3.05) is 16.8 Å². The van der Waals surface area contributed by atoms with Crippen LogP contribution in [-0.4, -0.2) is 29.9 Å². The van der Waals surface area contributed by atoms with Crippen LogP contribution in [0.15, 0.2) is 78.9 Å². The van der Waals surface area contributed by atoms with Crippen molar-refractivity contribution < 1.29 is 19.2 Å². The van der Waals surface area contributed by atoms with Gasteiger partial charge in [-0.3, -0.25) is 24.1 Å². The highest BCUT2D eigenvalue weighted by molar-refractivity contribution is 6.49. The summed E-state index contributed by atoms with van der Waals surface area (Å²) >= 11 is 0. The molecule has 4 rings (SSSR count). The summed E-state index contributed by atoms with van der Waals surface area (Å²) in [5.41, 5.74) is 2.01.